The molecular weight excluding hydrogens is 326 g/mol. The maximum absolute atomic E-state index is 12.2. The fourth-order valence-electron chi connectivity index (χ4n) is 3.11. The minimum Gasteiger partial charge on any atom is -0.355 e. The Hall–Kier alpha value is -0.830. The molecule has 1 amide bonds. The van der Waals surface area contributed by atoms with Crippen LogP contribution in [0.1, 0.15) is 48.8 Å². The molecule has 1 saturated carbocycles. The van der Waals surface area contributed by atoms with E-state index in [0.29, 0.717) is 6.42 Å². The summed E-state index contributed by atoms with van der Waals surface area (Å²) in [5, 5.41) is 4.15. The van der Waals surface area contributed by atoms with Gasteiger partial charge in [-0.3, -0.25) is 4.79 Å². The highest BCUT2D eigenvalue weighted by Gasteiger charge is 2.31. The largest absolute Gasteiger partial charge is 0.355 e. The molecule has 0 heterocycles. The van der Waals surface area contributed by atoms with Crippen molar-refractivity contribution in [2.75, 3.05) is 11.9 Å². The van der Waals surface area contributed by atoms with Crippen LogP contribution in [-0.4, -0.2) is 17.8 Å². The number of rotatable bonds is 5. The molecular formula is C18H26BrNO. The molecule has 0 unspecified atom stereocenters. The summed E-state index contributed by atoms with van der Waals surface area (Å²) in [6.07, 6.45) is 6.85. The molecule has 1 aliphatic rings. The van der Waals surface area contributed by atoms with E-state index in [2.05, 4.69) is 53.3 Å². The lowest BCUT2D eigenvalue weighted by Gasteiger charge is -2.35. The Morgan fingerprint density at radius 1 is 1.19 bits per heavy atom. The summed E-state index contributed by atoms with van der Waals surface area (Å²) in [5.41, 5.74) is 3.91. The molecule has 2 nitrogen and oxygen atoms in total. The second-order valence-electron chi connectivity index (χ2n) is 6.57. The van der Waals surface area contributed by atoms with Crippen molar-refractivity contribution in [2.45, 2.75) is 52.4 Å². The Balaban J connectivity index is 1.87. The van der Waals surface area contributed by atoms with Gasteiger partial charge in [-0.2, -0.15) is 0 Å². The smallest absolute Gasteiger partial charge is 0.224 e. The van der Waals surface area contributed by atoms with Gasteiger partial charge in [-0.1, -0.05) is 53.4 Å². The zero-order chi connectivity index (χ0) is 15.3. The SMILES string of the molecule is Cc1ccc(CC(=O)NCC2(CBr)CCCCC2)cc1C. The molecule has 0 aromatic heterocycles. The third-order valence-electron chi connectivity index (χ3n) is 4.79. The highest BCUT2D eigenvalue weighted by atomic mass is 79.9. The fraction of sp³-hybridized carbons (Fsp3) is 0.611. The second-order valence-corrected chi connectivity index (χ2v) is 7.13. The molecule has 0 aliphatic heterocycles. The van der Waals surface area contributed by atoms with E-state index >= 15 is 0 Å². The van der Waals surface area contributed by atoms with Gasteiger partial charge in [0.2, 0.25) is 5.91 Å². The maximum atomic E-state index is 12.2. The maximum Gasteiger partial charge on any atom is 0.224 e. The lowest BCUT2D eigenvalue weighted by atomic mass is 9.75. The normalized spacial score (nSPS) is 17.5. The average Bonchev–Trinajstić information content (AvgIpc) is 2.50. The van der Waals surface area contributed by atoms with Crippen LogP contribution in [0.2, 0.25) is 0 Å². The van der Waals surface area contributed by atoms with Gasteiger partial charge in [0.1, 0.15) is 0 Å². The van der Waals surface area contributed by atoms with E-state index in [1.807, 2.05) is 0 Å². The summed E-state index contributed by atoms with van der Waals surface area (Å²) < 4.78 is 0. The molecule has 1 aromatic rings. The summed E-state index contributed by atoms with van der Waals surface area (Å²) in [6.45, 7) is 5.00. The lowest BCUT2D eigenvalue weighted by Crippen LogP contribution is -2.40. The van der Waals surface area contributed by atoms with E-state index in [1.165, 1.54) is 43.2 Å². The number of carbonyl (C=O) groups excluding carboxylic acids is 1. The summed E-state index contributed by atoms with van der Waals surface area (Å²) >= 11 is 3.65. The first-order chi connectivity index (χ1) is 10.0. The minimum absolute atomic E-state index is 0.143. The van der Waals surface area contributed by atoms with Crippen molar-refractivity contribution in [1.29, 1.82) is 0 Å². The average molecular weight is 352 g/mol. The molecule has 3 heteroatoms. The molecule has 21 heavy (non-hydrogen) atoms. The number of aryl methyl sites for hydroxylation is 2. The monoisotopic (exact) mass is 351 g/mol. The van der Waals surface area contributed by atoms with Gasteiger partial charge in [0.15, 0.2) is 0 Å². The Labute approximate surface area is 136 Å². The third kappa shape index (κ3) is 4.57. The highest BCUT2D eigenvalue weighted by molar-refractivity contribution is 9.09. The van der Waals surface area contributed by atoms with Crippen molar-refractivity contribution in [3.05, 3.63) is 34.9 Å². The van der Waals surface area contributed by atoms with Crippen LogP contribution in [0.5, 0.6) is 0 Å². The number of benzene rings is 1. The second kappa shape index (κ2) is 7.44. The Morgan fingerprint density at radius 2 is 1.90 bits per heavy atom. The minimum atomic E-state index is 0.143. The summed E-state index contributed by atoms with van der Waals surface area (Å²) in [5.74, 6) is 0.143. The van der Waals surface area contributed by atoms with Crippen LogP contribution < -0.4 is 5.32 Å². The number of nitrogens with one attached hydrogen (secondary N) is 1. The number of halogens is 1. The van der Waals surface area contributed by atoms with Crippen molar-refractivity contribution in [3.63, 3.8) is 0 Å². The summed E-state index contributed by atoms with van der Waals surface area (Å²) in [4.78, 5) is 12.2. The Bertz CT molecular complexity index is 492. The summed E-state index contributed by atoms with van der Waals surface area (Å²) in [7, 11) is 0. The van der Waals surface area contributed by atoms with Crippen LogP contribution in [0, 0.1) is 19.3 Å². The van der Waals surface area contributed by atoms with Gasteiger partial charge in [-0.25, -0.2) is 0 Å². The predicted molar refractivity (Wildman–Crippen MR) is 91.9 cm³/mol. The van der Waals surface area contributed by atoms with Crippen molar-refractivity contribution >= 4 is 21.8 Å². The first kappa shape index (κ1) is 16.5. The standard InChI is InChI=1S/C18H26BrNO/c1-14-6-7-16(10-15(14)2)11-17(21)20-13-18(12-19)8-4-3-5-9-18/h6-7,10H,3-5,8-9,11-13H2,1-2H3,(H,20,21). The van der Waals surface area contributed by atoms with Crippen LogP contribution in [0.25, 0.3) is 0 Å². The van der Waals surface area contributed by atoms with Crippen LogP contribution in [0.3, 0.4) is 0 Å². The van der Waals surface area contributed by atoms with Crippen molar-refractivity contribution < 1.29 is 4.79 Å². The van der Waals surface area contributed by atoms with E-state index < -0.39 is 0 Å². The molecule has 0 saturated heterocycles. The number of carbonyl (C=O) groups is 1. The van der Waals surface area contributed by atoms with Crippen LogP contribution in [0.4, 0.5) is 0 Å². The van der Waals surface area contributed by atoms with Gasteiger partial charge < -0.3 is 5.32 Å². The van der Waals surface area contributed by atoms with Crippen LogP contribution in [0.15, 0.2) is 18.2 Å². The fourth-order valence-corrected chi connectivity index (χ4v) is 3.87. The van der Waals surface area contributed by atoms with Gasteiger partial charge in [0, 0.05) is 11.9 Å². The highest BCUT2D eigenvalue weighted by Crippen LogP contribution is 2.37. The number of alkyl halides is 1. The van der Waals surface area contributed by atoms with Crippen molar-refractivity contribution in [1.82, 2.24) is 5.32 Å². The van der Waals surface area contributed by atoms with E-state index in [1.54, 1.807) is 0 Å². The van der Waals surface area contributed by atoms with Crippen molar-refractivity contribution in [2.24, 2.45) is 5.41 Å². The van der Waals surface area contributed by atoms with E-state index in [4.69, 9.17) is 0 Å². The quantitative estimate of drug-likeness (QED) is 0.786. The number of hydrogen-bond donors (Lipinski definition) is 1. The van der Waals surface area contributed by atoms with Gasteiger partial charge in [0.25, 0.3) is 0 Å². The number of hydrogen-bond acceptors (Lipinski definition) is 1. The molecule has 0 radical (unpaired) electrons. The zero-order valence-electron chi connectivity index (χ0n) is 13.2. The molecule has 2 rings (SSSR count). The van der Waals surface area contributed by atoms with E-state index in [0.717, 1.165) is 17.4 Å². The molecule has 0 bridgehead atoms. The third-order valence-corrected chi connectivity index (χ3v) is 5.98. The van der Waals surface area contributed by atoms with Gasteiger partial charge in [-0.05, 0) is 48.8 Å². The molecule has 116 valence electrons. The lowest BCUT2D eigenvalue weighted by molar-refractivity contribution is -0.121. The molecule has 1 fully saturated rings. The topological polar surface area (TPSA) is 29.1 Å². The van der Waals surface area contributed by atoms with Crippen LogP contribution in [-0.2, 0) is 11.2 Å². The zero-order valence-corrected chi connectivity index (χ0v) is 14.8. The van der Waals surface area contributed by atoms with Gasteiger partial charge >= 0.3 is 0 Å². The first-order valence-corrected chi connectivity index (χ1v) is 9.06. The van der Waals surface area contributed by atoms with Crippen LogP contribution >= 0.6 is 15.9 Å². The molecule has 1 N–H and O–H groups in total. The van der Waals surface area contributed by atoms with Gasteiger partial charge in [-0.15, -0.1) is 0 Å². The van der Waals surface area contributed by atoms with Gasteiger partial charge in [0.05, 0.1) is 6.42 Å². The van der Waals surface area contributed by atoms with Crippen molar-refractivity contribution in [3.8, 4) is 0 Å². The first-order valence-electron chi connectivity index (χ1n) is 7.93. The summed E-state index contributed by atoms with van der Waals surface area (Å²) in [6, 6.07) is 6.28. The molecule has 1 aliphatic carbocycles. The molecule has 0 atom stereocenters. The Morgan fingerprint density at radius 3 is 2.52 bits per heavy atom. The number of amides is 1. The van der Waals surface area contributed by atoms with E-state index in [-0.39, 0.29) is 11.3 Å². The molecule has 1 aromatic carbocycles. The predicted octanol–water partition coefficient (Wildman–Crippen LogP) is 4.31. The molecule has 0 spiro atoms. The van der Waals surface area contributed by atoms with E-state index in [9.17, 15) is 4.79 Å². The Kier molecular flexibility index (Phi) is 5.86.